The third kappa shape index (κ3) is 3.27. The van der Waals surface area contributed by atoms with E-state index in [2.05, 4.69) is 5.10 Å². The third-order valence-corrected chi connectivity index (χ3v) is 2.88. The molecule has 5 heteroatoms. The number of rotatable bonds is 5. The van der Waals surface area contributed by atoms with Crippen LogP contribution in [0.1, 0.15) is 6.42 Å². The molecule has 0 bridgehead atoms. The van der Waals surface area contributed by atoms with E-state index in [1.807, 2.05) is 30.3 Å². The number of aromatic nitrogens is 2. The molecule has 0 radical (unpaired) electrons. The second-order valence-electron chi connectivity index (χ2n) is 4.26. The maximum Gasteiger partial charge on any atom is 0.274 e. The number of benzene rings is 1. The maximum absolute atomic E-state index is 12.2. The fraction of sp³-hybridized carbons (Fsp3) is 0.286. The van der Waals surface area contributed by atoms with Crippen LogP contribution in [0.2, 0.25) is 0 Å². The van der Waals surface area contributed by atoms with E-state index in [4.69, 9.17) is 5.11 Å². The Kier molecular flexibility index (Phi) is 4.43. The monoisotopic (exact) mass is 260 g/mol. The van der Waals surface area contributed by atoms with E-state index in [0.717, 1.165) is 5.56 Å². The molecule has 19 heavy (non-hydrogen) atoms. The van der Waals surface area contributed by atoms with Crippen molar-refractivity contribution >= 4 is 0 Å². The van der Waals surface area contributed by atoms with Gasteiger partial charge in [0.1, 0.15) is 0 Å². The number of hydrogen-bond acceptors (Lipinski definition) is 4. The summed E-state index contributed by atoms with van der Waals surface area (Å²) in [6.45, 7) is -0.0334. The molecule has 0 fully saturated rings. The Hall–Kier alpha value is -1.98. The molecule has 0 aliphatic rings. The second-order valence-corrected chi connectivity index (χ2v) is 4.26. The van der Waals surface area contributed by atoms with Crippen molar-refractivity contribution in [1.29, 1.82) is 0 Å². The van der Waals surface area contributed by atoms with Crippen molar-refractivity contribution in [3.63, 3.8) is 0 Å². The summed E-state index contributed by atoms with van der Waals surface area (Å²) in [6, 6.07) is 11.0. The van der Waals surface area contributed by atoms with Gasteiger partial charge < -0.3 is 10.2 Å². The molecule has 2 rings (SSSR count). The van der Waals surface area contributed by atoms with Gasteiger partial charge in [0, 0.05) is 12.7 Å². The van der Waals surface area contributed by atoms with Crippen molar-refractivity contribution in [3.05, 3.63) is 52.9 Å². The van der Waals surface area contributed by atoms with Gasteiger partial charge in [-0.2, -0.15) is 5.10 Å². The summed E-state index contributed by atoms with van der Waals surface area (Å²) < 4.78 is 1.31. The molecule has 5 nitrogen and oxygen atoms in total. The molecule has 100 valence electrons. The Labute approximate surface area is 110 Å². The van der Waals surface area contributed by atoms with E-state index >= 15 is 0 Å². The van der Waals surface area contributed by atoms with Crippen LogP contribution in [-0.4, -0.2) is 32.7 Å². The fourth-order valence-electron chi connectivity index (χ4n) is 1.81. The highest BCUT2D eigenvalue weighted by Gasteiger charge is 2.08. The number of hydrogen-bond donors (Lipinski definition) is 2. The molecule has 1 atom stereocenters. The quantitative estimate of drug-likeness (QED) is 0.828. The largest absolute Gasteiger partial charge is 0.394 e. The Balaban J connectivity index is 2.26. The van der Waals surface area contributed by atoms with Gasteiger partial charge in [-0.3, -0.25) is 4.79 Å². The summed E-state index contributed by atoms with van der Waals surface area (Å²) in [6.07, 6.45) is 1.03. The molecule has 0 saturated carbocycles. The molecule has 0 amide bonds. The van der Waals surface area contributed by atoms with Crippen LogP contribution in [0.15, 0.2) is 47.4 Å². The molecule has 0 aliphatic carbocycles. The molecule has 0 aliphatic heterocycles. The van der Waals surface area contributed by atoms with Crippen LogP contribution >= 0.6 is 0 Å². The van der Waals surface area contributed by atoms with Crippen molar-refractivity contribution in [2.75, 3.05) is 6.61 Å². The number of aliphatic hydroxyl groups excluding tert-OH is 2. The summed E-state index contributed by atoms with van der Waals surface area (Å²) >= 11 is 0. The highest BCUT2D eigenvalue weighted by atomic mass is 16.3. The first-order chi connectivity index (χ1) is 9.22. The zero-order valence-electron chi connectivity index (χ0n) is 10.4. The summed E-state index contributed by atoms with van der Waals surface area (Å²) in [5.74, 6) is 0. The van der Waals surface area contributed by atoms with Gasteiger partial charge in [-0.15, -0.1) is 0 Å². The first kappa shape index (κ1) is 13.5. The van der Waals surface area contributed by atoms with Gasteiger partial charge in [0.25, 0.3) is 5.56 Å². The van der Waals surface area contributed by atoms with Crippen LogP contribution in [0, 0.1) is 0 Å². The Bertz CT molecular complexity index is 581. The standard InChI is InChI=1S/C14H16N2O3/c17-10-12(18)7-9-16-14(19)13(6-8-15-16)11-4-2-1-3-5-11/h1-6,8,12,17-18H,7,9-10H2. The minimum atomic E-state index is -0.825. The molecular formula is C14H16N2O3. The van der Waals surface area contributed by atoms with Crippen molar-refractivity contribution in [1.82, 2.24) is 9.78 Å². The smallest absolute Gasteiger partial charge is 0.274 e. The normalized spacial score (nSPS) is 12.3. The predicted molar refractivity (Wildman–Crippen MR) is 71.6 cm³/mol. The van der Waals surface area contributed by atoms with Gasteiger partial charge in [0.15, 0.2) is 0 Å². The average molecular weight is 260 g/mol. The van der Waals surface area contributed by atoms with Gasteiger partial charge in [0.2, 0.25) is 0 Å². The van der Waals surface area contributed by atoms with Gasteiger partial charge in [0.05, 0.1) is 18.3 Å². The van der Waals surface area contributed by atoms with E-state index in [-0.39, 0.29) is 18.7 Å². The maximum atomic E-state index is 12.2. The highest BCUT2D eigenvalue weighted by Crippen LogP contribution is 2.13. The molecule has 1 heterocycles. The van der Waals surface area contributed by atoms with Gasteiger partial charge in [-0.05, 0) is 18.1 Å². The lowest BCUT2D eigenvalue weighted by Crippen LogP contribution is -2.26. The molecule has 1 aromatic carbocycles. The van der Waals surface area contributed by atoms with Crippen molar-refractivity contribution in [2.24, 2.45) is 0 Å². The fourth-order valence-corrected chi connectivity index (χ4v) is 1.81. The number of aliphatic hydroxyl groups is 2. The molecule has 2 N–H and O–H groups in total. The van der Waals surface area contributed by atoms with Crippen LogP contribution in [0.4, 0.5) is 0 Å². The van der Waals surface area contributed by atoms with E-state index in [1.165, 1.54) is 4.68 Å². The number of aryl methyl sites for hydroxylation is 1. The first-order valence-corrected chi connectivity index (χ1v) is 6.13. The van der Waals surface area contributed by atoms with Crippen molar-refractivity contribution in [3.8, 4) is 11.1 Å². The Morgan fingerprint density at radius 1 is 1.21 bits per heavy atom. The number of nitrogens with zero attached hydrogens (tertiary/aromatic N) is 2. The van der Waals surface area contributed by atoms with E-state index in [0.29, 0.717) is 12.0 Å². The Morgan fingerprint density at radius 3 is 2.63 bits per heavy atom. The van der Waals surface area contributed by atoms with Gasteiger partial charge >= 0.3 is 0 Å². The summed E-state index contributed by atoms with van der Waals surface area (Å²) in [5.41, 5.74) is 1.22. The van der Waals surface area contributed by atoms with Crippen molar-refractivity contribution < 1.29 is 10.2 Å². The molecule has 0 saturated heterocycles. The Morgan fingerprint density at radius 2 is 1.95 bits per heavy atom. The molecule has 1 unspecified atom stereocenters. The van der Waals surface area contributed by atoms with Crippen LogP contribution in [0.25, 0.3) is 11.1 Å². The van der Waals surface area contributed by atoms with Crippen LogP contribution < -0.4 is 5.56 Å². The molecular weight excluding hydrogens is 244 g/mol. The lowest BCUT2D eigenvalue weighted by atomic mass is 10.1. The van der Waals surface area contributed by atoms with Crippen LogP contribution in [0.5, 0.6) is 0 Å². The van der Waals surface area contributed by atoms with Crippen molar-refractivity contribution in [2.45, 2.75) is 19.1 Å². The first-order valence-electron chi connectivity index (χ1n) is 6.13. The third-order valence-electron chi connectivity index (χ3n) is 2.88. The molecule has 2 aromatic rings. The topological polar surface area (TPSA) is 75.4 Å². The lowest BCUT2D eigenvalue weighted by Gasteiger charge is -2.09. The highest BCUT2D eigenvalue weighted by molar-refractivity contribution is 5.61. The lowest BCUT2D eigenvalue weighted by molar-refractivity contribution is 0.0834. The van der Waals surface area contributed by atoms with E-state index in [1.54, 1.807) is 12.3 Å². The molecule has 1 aromatic heterocycles. The van der Waals surface area contributed by atoms with Crippen LogP contribution in [-0.2, 0) is 6.54 Å². The predicted octanol–water partition coefficient (Wildman–Crippen LogP) is 0.654. The zero-order valence-corrected chi connectivity index (χ0v) is 10.4. The minimum Gasteiger partial charge on any atom is -0.394 e. The summed E-state index contributed by atoms with van der Waals surface area (Å²) in [5, 5.41) is 22.0. The van der Waals surface area contributed by atoms with Crippen LogP contribution in [0.3, 0.4) is 0 Å². The zero-order chi connectivity index (χ0) is 13.7. The summed E-state index contributed by atoms with van der Waals surface area (Å²) in [4.78, 5) is 12.2. The summed E-state index contributed by atoms with van der Waals surface area (Å²) in [7, 11) is 0. The minimum absolute atomic E-state index is 0.196. The van der Waals surface area contributed by atoms with E-state index < -0.39 is 6.10 Å². The van der Waals surface area contributed by atoms with E-state index in [9.17, 15) is 9.90 Å². The second kappa shape index (κ2) is 6.26. The van der Waals surface area contributed by atoms with Gasteiger partial charge in [-0.1, -0.05) is 30.3 Å². The SMILES string of the molecule is O=c1c(-c2ccccc2)ccnn1CCC(O)CO. The average Bonchev–Trinajstić information content (AvgIpc) is 2.46. The molecule has 0 spiro atoms. The van der Waals surface area contributed by atoms with Gasteiger partial charge in [-0.25, -0.2) is 4.68 Å².